The minimum Gasteiger partial charge on any atom is -0.313 e. The summed E-state index contributed by atoms with van der Waals surface area (Å²) in [6.45, 7) is 10.3. The Morgan fingerprint density at radius 2 is 1.67 bits per heavy atom. The van der Waals surface area contributed by atoms with E-state index in [2.05, 4.69) is 63.3 Å². The summed E-state index contributed by atoms with van der Waals surface area (Å²) < 4.78 is 0. The Balaban J connectivity index is 2.62. The first-order chi connectivity index (χ1) is 8.65. The minimum atomic E-state index is 0.594. The fourth-order valence-corrected chi connectivity index (χ4v) is 2.36. The van der Waals surface area contributed by atoms with Gasteiger partial charge in [0.15, 0.2) is 0 Å². The van der Waals surface area contributed by atoms with Gasteiger partial charge in [0.05, 0.1) is 0 Å². The fourth-order valence-electron chi connectivity index (χ4n) is 2.36. The van der Waals surface area contributed by atoms with Crippen molar-refractivity contribution >= 4 is 0 Å². The Labute approximate surface area is 113 Å². The Hall–Kier alpha value is -0.820. The molecular weight excluding hydrogens is 218 g/mol. The molecule has 2 atom stereocenters. The Kier molecular flexibility index (Phi) is 7.04. The van der Waals surface area contributed by atoms with Crippen molar-refractivity contribution < 1.29 is 0 Å². The van der Waals surface area contributed by atoms with Crippen molar-refractivity contribution in [3.63, 3.8) is 0 Å². The highest BCUT2D eigenvalue weighted by Gasteiger charge is 2.18. The van der Waals surface area contributed by atoms with Crippen molar-refractivity contribution in [2.45, 2.75) is 58.9 Å². The molecule has 0 aliphatic rings. The van der Waals surface area contributed by atoms with E-state index in [-0.39, 0.29) is 0 Å². The molecule has 0 saturated heterocycles. The first-order valence-electron chi connectivity index (χ1n) is 7.43. The molecule has 1 N–H and O–H groups in total. The molecule has 1 aromatic carbocycles. The molecule has 0 saturated carbocycles. The average Bonchev–Trinajstić information content (AvgIpc) is 2.39. The van der Waals surface area contributed by atoms with Crippen LogP contribution in [-0.4, -0.2) is 12.6 Å². The predicted octanol–water partition coefficient (Wildman–Crippen LogP) is 4.59. The zero-order chi connectivity index (χ0) is 13.4. The summed E-state index contributed by atoms with van der Waals surface area (Å²) in [6.07, 6.45) is 3.78. The fraction of sp³-hybridized carbons (Fsp3) is 0.647. The smallest absolute Gasteiger partial charge is 0.0133 e. The standard InChI is InChI=1S/C17H29N/c1-5-13-18-17(12-11-14(2)3)15(4)16-9-7-6-8-10-16/h6-10,14-15,17-18H,5,11-13H2,1-4H3. The van der Waals surface area contributed by atoms with E-state index in [4.69, 9.17) is 0 Å². The van der Waals surface area contributed by atoms with Crippen molar-refractivity contribution in [3.05, 3.63) is 35.9 Å². The normalized spacial score (nSPS) is 14.7. The highest BCUT2D eigenvalue weighted by atomic mass is 14.9. The zero-order valence-corrected chi connectivity index (χ0v) is 12.4. The highest BCUT2D eigenvalue weighted by Crippen LogP contribution is 2.23. The lowest BCUT2D eigenvalue weighted by atomic mass is 9.88. The van der Waals surface area contributed by atoms with Crippen molar-refractivity contribution in [1.29, 1.82) is 0 Å². The third-order valence-electron chi connectivity index (χ3n) is 3.64. The van der Waals surface area contributed by atoms with Gasteiger partial charge in [-0.3, -0.25) is 0 Å². The van der Waals surface area contributed by atoms with Crippen LogP contribution in [0.25, 0.3) is 0 Å². The number of nitrogens with one attached hydrogen (secondary N) is 1. The molecule has 2 unspecified atom stereocenters. The molecule has 1 heteroatoms. The van der Waals surface area contributed by atoms with Crippen LogP contribution in [0.2, 0.25) is 0 Å². The molecule has 0 bridgehead atoms. The van der Waals surface area contributed by atoms with E-state index in [1.54, 1.807) is 0 Å². The Bertz CT molecular complexity index is 305. The van der Waals surface area contributed by atoms with E-state index in [0.29, 0.717) is 12.0 Å². The summed E-state index contributed by atoms with van der Waals surface area (Å²) in [6, 6.07) is 11.5. The highest BCUT2D eigenvalue weighted by molar-refractivity contribution is 5.20. The van der Waals surface area contributed by atoms with Crippen molar-refractivity contribution in [3.8, 4) is 0 Å². The lowest BCUT2D eigenvalue weighted by molar-refractivity contribution is 0.388. The lowest BCUT2D eigenvalue weighted by Crippen LogP contribution is -2.34. The van der Waals surface area contributed by atoms with E-state index in [1.807, 2.05) is 0 Å². The summed E-state index contributed by atoms with van der Waals surface area (Å²) in [5.74, 6) is 1.38. The Morgan fingerprint density at radius 3 is 2.22 bits per heavy atom. The SMILES string of the molecule is CCCNC(CCC(C)C)C(C)c1ccccc1. The van der Waals surface area contributed by atoms with E-state index < -0.39 is 0 Å². The molecule has 0 aliphatic heterocycles. The molecule has 0 aromatic heterocycles. The summed E-state index contributed by atoms with van der Waals surface area (Å²) in [4.78, 5) is 0. The maximum absolute atomic E-state index is 3.72. The molecule has 0 heterocycles. The molecule has 1 nitrogen and oxygen atoms in total. The van der Waals surface area contributed by atoms with Crippen molar-refractivity contribution in [2.75, 3.05) is 6.54 Å². The summed E-state index contributed by atoms with van der Waals surface area (Å²) in [7, 11) is 0. The second kappa shape index (κ2) is 8.31. The predicted molar refractivity (Wildman–Crippen MR) is 81.0 cm³/mol. The van der Waals surface area contributed by atoms with Gasteiger partial charge in [-0.2, -0.15) is 0 Å². The van der Waals surface area contributed by atoms with Crippen LogP contribution in [0, 0.1) is 5.92 Å². The molecular formula is C17H29N. The minimum absolute atomic E-state index is 0.594. The molecule has 1 aromatic rings. The number of benzene rings is 1. The van der Waals surface area contributed by atoms with Gasteiger partial charge in [0.25, 0.3) is 0 Å². The topological polar surface area (TPSA) is 12.0 Å². The molecule has 0 spiro atoms. The molecule has 0 fully saturated rings. The first-order valence-corrected chi connectivity index (χ1v) is 7.43. The second-order valence-corrected chi connectivity index (χ2v) is 5.73. The quantitative estimate of drug-likeness (QED) is 0.708. The van der Waals surface area contributed by atoms with Crippen LogP contribution in [0.15, 0.2) is 30.3 Å². The van der Waals surface area contributed by atoms with Crippen LogP contribution >= 0.6 is 0 Å². The van der Waals surface area contributed by atoms with Gasteiger partial charge in [0.1, 0.15) is 0 Å². The van der Waals surface area contributed by atoms with E-state index in [1.165, 1.54) is 24.8 Å². The lowest BCUT2D eigenvalue weighted by Gasteiger charge is -2.26. The third-order valence-corrected chi connectivity index (χ3v) is 3.64. The van der Waals surface area contributed by atoms with E-state index in [0.717, 1.165) is 12.5 Å². The van der Waals surface area contributed by atoms with Gasteiger partial charge in [-0.25, -0.2) is 0 Å². The second-order valence-electron chi connectivity index (χ2n) is 5.73. The van der Waals surface area contributed by atoms with E-state index >= 15 is 0 Å². The molecule has 102 valence electrons. The van der Waals surface area contributed by atoms with Crippen LogP contribution < -0.4 is 5.32 Å². The van der Waals surface area contributed by atoms with Gasteiger partial charge >= 0.3 is 0 Å². The summed E-state index contributed by atoms with van der Waals surface area (Å²) >= 11 is 0. The maximum atomic E-state index is 3.72. The number of hydrogen-bond donors (Lipinski definition) is 1. The summed E-state index contributed by atoms with van der Waals surface area (Å²) in [5.41, 5.74) is 1.45. The average molecular weight is 247 g/mol. The van der Waals surface area contributed by atoms with Gasteiger partial charge in [-0.15, -0.1) is 0 Å². The molecule has 0 amide bonds. The van der Waals surface area contributed by atoms with Crippen LogP contribution in [0.5, 0.6) is 0 Å². The number of rotatable bonds is 8. The largest absolute Gasteiger partial charge is 0.313 e. The maximum Gasteiger partial charge on any atom is 0.0133 e. The molecule has 18 heavy (non-hydrogen) atoms. The van der Waals surface area contributed by atoms with Gasteiger partial charge in [-0.1, -0.05) is 58.0 Å². The third kappa shape index (κ3) is 5.22. The van der Waals surface area contributed by atoms with Gasteiger partial charge in [0.2, 0.25) is 0 Å². The number of hydrogen-bond acceptors (Lipinski definition) is 1. The summed E-state index contributed by atoms with van der Waals surface area (Å²) in [5, 5.41) is 3.72. The monoisotopic (exact) mass is 247 g/mol. The van der Waals surface area contributed by atoms with Gasteiger partial charge in [-0.05, 0) is 43.2 Å². The molecule has 1 rings (SSSR count). The zero-order valence-electron chi connectivity index (χ0n) is 12.4. The molecule has 0 aliphatic carbocycles. The van der Waals surface area contributed by atoms with Crippen molar-refractivity contribution in [1.82, 2.24) is 5.32 Å². The van der Waals surface area contributed by atoms with Gasteiger partial charge < -0.3 is 5.32 Å². The van der Waals surface area contributed by atoms with Crippen LogP contribution in [0.3, 0.4) is 0 Å². The molecule has 0 radical (unpaired) electrons. The first kappa shape index (κ1) is 15.2. The van der Waals surface area contributed by atoms with Crippen LogP contribution in [-0.2, 0) is 0 Å². The van der Waals surface area contributed by atoms with E-state index in [9.17, 15) is 0 Å². The Morgan fingerprint density at radius 1 is 1.00 bits per heavy atom. The van der Waals surface area contributed by atoms with Crippen molar-refractivity contribution in [2.24, 2.45) is 5.92 Å². The van der Waals surface area contributed by atoms with Gasteiger partial charge in [0, 0.05) is 6.04 Å². The van der Waals surface area contributed by atoms with Crippen LogP contribution in [0.1, 0.15) is 58.4 Å². The van der Waals surface area contributed by atoms with Crippen LogP contribution in [0.4, 0.5) is 0 Å².